The van der Waals surface area contributed by atoms with Gasteiger partial charge in [-0.05, 0) is 6.92 Å². The molecule has 0 aliphatic rings. The number of imidazole rings is 1. The standard InChI is InChI=1S/C6H10N2.Si/c1-3-6-7-4-5(2)8-6;/h4H,3H2,1-2H3,(H,7,8);. The van der Waals surface area contributed by atoms with E-state index in [1.165, 1.54) is 0 Å². The minimum Gasteiger partial charge on any atom is -0.346 e. The second-order valence-electron chi connectivity index (χ2n) is 1.87. The van der Waals surface area contributed by atoms with Crippen LogP contribution in [0.3, 0.4) is 0 Å². The fourth-order valence-corrected chi connectivity index (χ4v) is 0.647. The first kappa shape index (κ1) is 8.43. The van der Waals surface area contributed by atoms with Crippen LogP contribution in [0, 0.1) is 6.92 Å². The van der Waals surface area contributed by atoms with Gasteiger partial charge in [0.2, 0.25) is 0 Å². The molecule has 9 heavy (non-hydrogen) atoms. The highest BCUT2D eigenvalue weighted by molar-refractivity contribution is 5.75. The summed E-state index contributed by atoms with van der Waals surface area (Å²) in [5.74, 6) is 1.07. The van der Waals surface area contributed by atoms with Gasteiger partial charge >= 0.3 is 0 Å². The van der Waals surface area contributed by atoms with Crippen molar-refractivity contribution in [2.24, 2.45) is 0 Å². The van der Waals surface area contributed by atoms with Crippen LogP contribution in [-0.2, 0) is 6.42 Å². The van der Waals surface area contributed by atoms with E-state index in [-0.39, 0.29) is 11.0 Å². The Kier molecular flexibility index (Phi) is 3.23. The normalized spacial score (nSPS) is 8.67. The monoisotopic (exact) mass is 138 g/mol. The van der Waals surface area contributed by atoms with Crippen LogP contribution in [-0.4, -0.2) is 20.9 Å². The Labute approximate surface area is 59.7 Å². The zero-order valence-corrected chi connectivity index (χ0v) is 6.73. The van der Waals surface area contributed by atoms with Crippen LogP contribution < -0.4 is 0 Å². The van der Waals surface area contributed by atoms with E-state index in [1.807, 2.05) is 13.1 Å². The molecule has 0 aromatic carbocycles. The maximum atomic E-state index is 4.08. The quantitative estimate of drug-likeness (QED) is 0.574. The fraction of sp³-hybridized carbons (Fsp3) is 0.500. The van der Waals surface area contributed by atoms with Crippen molar-refractivity contribution in [3.05, 3.63) is 17.7 Å². The summed E-state index contributed by atoms with van der Waals surface area (Å²) < 4.78 is 0. The first-order chi connectivity index (χ1) is 3.83. The largest absolute Gasteiger partial charge is 0.346 e. The highest BCUT2D eigenvalue weighted by atomic mass is 28.1. The minimum atomic E-state index is 0. The molecule has 1 aromatic rings. The van der Waals surface area contributed by atoms with Gasteiger partial charge in [0, 0.05) is 29.3 Å². The van der Waals surface area contributed by atoms with Gasteiger partial charge in [-0.2, -0.15) is 0 Å². The average molecular weight is 138 g/mol. The number of hydrogen-bond acceptors (Lipinski definition) is 1. The van der Waals surface area contributed by atoms with Gasteiger partial charge in [-0.15, -0.1) is 0 Å². The van der Waals surface area contributed by atoms with Crippen molar-refractivity contribution in [3.63, 3.8) is 0 Å². The van der Waals surface area contributed by atoms with Crippen molar-refractivity contribution in [1.82, 2.24) is 9.97 Å². The summed E-state index contributed by atoms with van der Waals surface area (Å²) in [5, 5.41) is 0. The van der Waals surface area contributed by atoms with Gasteiger partial charge in [-0.25, -0.2) is 4.98 Å². The van der Waals surface area contributed by atoms with Crippen molar-refractivity contribution < 1.29 is 0 Å². The molecule has 0 atom stereocenters. The lowest BCUT2D eigenvalue weighted by atomic mass is 10.5. The number of aromatic nitrogens is 2. The van der Waals surface area contributed by atoms with Crippen LogP contribution in [0.4, 0.5) is 0 Å². The van der Waals surface area contributed by atoms with Gasteiger partial charge in [-0.3, -0.25) is 0 Å². The zero-order chi connectivity index (χ0) is 5.98. The molecule has 0 unspecified atom stereocenters. The lowest BCUT2D eigenvalue weighted by Gasteiger charge is -1.82. The maximum absolute atomic E-state index is 4.08. The lowest BCUT2D eigenvalue weighted by Crippen LogP contribution is -1.80. The molecule has 1 heterocycles. The molecule has 0 aliphatic carbocycles. The third-order valence-electron chi connectivity index (χ3n) is 1.09. The van der Waals surface area contributed by atoms with E-state index >= 15 is 0 Å². The van der Waals surface area contributed by atoms with Crippen molar-refractivity contribution in [2.45, 2.75) is 20.3 Å². The second-order valence-corrected chi connectivity index (χ2v) is 1.87. The van der Waals surface area contributed by atoms with Crippen LogP contribution >= 0.6 is 0 Å². The van der Waals surface area contributed by atoms with Crippen molar-refractivity contribution in [1.29, 1.82) is 0 Å². The van der Waals surface area contributed by atoms with Gasteiger partial charge in [0.1, 0.15) is 5.82 Å². The summed E-state index contributed by atoms with van der Waals surface area (Å²) in [4.78, 5) is 7.19. The molecular weight excluding hydrogens is 128 g/mol. The number of nitrogens with one attached hydrogen (secondary N) is 1. The van der Waals surface area contributed by atoms with Gasteiger partial charge in [0.25, 0.3) is 0 Å². The van der Waals surface area contributed by atoms with Crippen molar-refractivity contribution in [3.8, 4) is 0 Å². The van der Waals surface area contributed by atoms with E-state index in [4.69, 9.17) is 0 Å². The number of aryl methyl sites for hydroxylation is 2. The molecule has 0 bridgehead atoms. The van der Waals surface area contributed by atoms with Crippen LogP contribution in [0.2, 0.25) is 0 Å². The molecule has 4 radical (unpaired) electrons. The van der Waals surface area contributed by atoms with E-state index in [9.17, 15) is 0 Å². The van der Waals surface area contributed by atoms with Gasteiger partial charge < -0.3 is 4.98 Å². The smallest absolute Gasteiger partial charge is 0.105 e. The predicted octanol–water partition coefficient (Wildman–Crippen LogP) is 0.900. The Balaban J connectivity index is 0.000000640. The van der Waals surface area contributed by atoms with Crippen LogP contribution in [0.25, 0.3) is 0 Å². The third kappa shape index (κ3) is 2.01. The van der Waals surface area contributed by atoms with E-state index in [2.05, 4.69) is 16.9 Å². The molecule has 1 N–H and O–H groups in total. The van der Waals surface area contributed by atoms with E-state index < -0.39 is 0 Å². The SMILES string of the molecule is CCc1ncc(C)[nH]1.[Si]. The van der Waals surface area contributed by atoms with Crippen molar-refractivity contribution in [2.75, 3.05) is 0 Å². The summed E-state index contributed by atoms with van der Waals surface area (Å²) in [6.45, 7) is 4.09. The molecule has 0 saturated carbocycles. The molecule has 2 nitrogen and oxygen atoms in total. The first-order valence-electron chi connectivity index (χ1n) is 2.83. The second kappa shape index (κ2) is 3.45. The summed E-state index contributed by atoms with van der Waals surface area (Å²) in [6.07, 6.45) is 2.84. The molecule has 1 rings (SSSR count). The molecular formula is C6H10N2Si. The number of aromatic amines is 1. The Bertz CT molecular complexity index is 171. The van der Waals surface area contributed by atoms with Gasteiger partial charge in [-0.1, -0.05) is 6.92 Å². The number of H-pyrrole nitrogens is 1. The lowest BCUT2D eigenvalue weighted by molar-refractivity contribution is 0.982. The molecule has 48 valence electrons. The molecule has 0 spiro atoms. The van der Waals surface area contributed by atoms with Crippen molar-refractivity contribution >= 4 is 11.0 Å². The molecule has 0 saturated heterocycles. The number of hydrogen-bond donors (Lipinski definition) is 1. The molecule has 3 heteroatoms. The molecule has 0 fully saturated rings. The maximum Gasteiger partial charge on any atom is 0.105 e. The number of nitrogens with zero attached hydrogens (tertiary/aromatic N) is 1. The fourth-order valence-electron chi connectivity index (χ4n) is 0.647. The van der Waals surface area contributed by atoms with Crippen LogP contribution in [0.15, 0.2) is 6.20 Å². The zero-order valence-electron chi connectivity index (χ0n) is 5.73. The average Bonchev–Trinajstić information content (AvgIpc) is 2.14. The summed E-state index contributed by atoms with van der Waals surface area (Å²) >= 11 is 0. The highest BCUT2D eigenvalue weighted by Gasteiger charge is 1.89. The van der Waals surface area contributed by atoms with Gasteiger partial charge in [0.15, 0.2) is 0 Å². The Morgan fingerprint density at radius 1 is 1.67 bits per heavy atom. The predicted molar refractivity (Wildman–Crippen MR) is 38.5 cm³/mol. The van der Waals surface area contributed by atoms with Gasteiger partial charge in [0.05, 0.1) is 0 Å². The van der Waals surface area contributed by atoms with E-state index in [0.717, 1.165) is 17.9 Å². The van der Waals surface area contributed by atoms with E-state index in [0.29, 0.717) is 0 Å². The Morgan fingerprint density at radius 2 is 2.33 bits per heavy atom. The van der Waals surface area contributed by atoms with E-state index in [1.54, 1.807) is 0 Å². The molecule has 1 aromatic heterocycles. The first-order valence-corrected chi connectivity index (χ1v) is 2.83. The van der Waals surface area contributed by atoms with Crippen LogP contribution in [0.1, 0.15) is 18.4 Å². The summed E-state index contributed by atoms with van der Waals surface area (Å²) in [6, 6.07) is 0. The third-order valence-corrected chi connectivity index (χ3v) is 1.09. The number of rotatable bonds is 1. The Morgan fingerprint density at radius 3 is 2.56 bits per heavy atom. The topological polar surface area (TPSA) is 28.7 Å². The summed E-state index contributed by atoms with van der Waals surface area (Å²) in [5.41, 5.74) is 1.14. The Hall–Kier alpha value is -0.573. The molecule has 0 aliphatic heterocycles. The molecule has 0 amide bonds. The van der Waals surface area contributed by atoms with Crippen LogP contribution in [0.5, 0.6) is 0 Å². The highest BCUT2D eigenvalue weighted by Crippen LogP contribution is 1.93. The summed E-state index contributed by atoms with van der Waals surface area (Å²) in [7, 11) is 0. The minimum absolute atomic E-state index is 0.